The van der Waals surface area contributed by atoms with Crippen molar-refractivity contribution in [2.75, 3.05) is 13.7 Å². The molecule has 0 radical (unpaired) electrons. The standard InChI is InChI=1S/C22H21BrO5/c1-4-28-22(26)19(20(24)15-10-6-5-7-11-15)18(14(2)21(25)27-3)16-12-8-9-13-17(16)23/h5-13,18-19H,2,4H2,1,3H3. The molecule has 2 atom stereocenters. The number of halogens is 1. The molecule has 2 aromatic carbocycles. The zero-order valence-electron chi connectivity index (χ0n) is 15.7. The van der Waals surface area contributed by atoms with Gasteiger partial charge in [0.15, 0.2) is 5.78 Å². The van der Waals surface area contributed by atoms with Gasteiger partial charge >= 0.3 is 11.9 Å². The van der Waals surface area contributed by atoms with E-state index in [-0.39, 0.29) is 12.2 Å². The molecule has 0 fully saturated rings. The maximum absolute atomic E-state index is 13.3. The number of ether oxygens (including phenoxy) is 2. The second-order valence-corrected chi connectivity index (χ2v) is 6.83. The minimum atomic E-state index is -1.28. The minimum Gasteiger partial charge on any atom is -0.466 e. The summed E-state index contributed by atoms with van der Waals surface area (Å²) in [5.74, 6) is -4.11. The number of carbonyl (C=O) groups is 3. The van der Waals surface area contributed by atoms with Gasteiger partial charge in [-0.2, -0.15) is 0 Å². The maximum atomic E-state index is 13.3. The molecule has 6 heteroatoms. The van der Waals surface area contributed by atoms with Gasteiger partial charge in [-0.25, -0.2) is 4.79 Å². The highest BCUT2D eigenvalue weighted by atomic mass is 79.9. The average molecular weight is 445 g/mol. The van der Waals surface area contributed by atoms with Gasteiger partial charge in [0.25, 0.3) is 0 Å². The summed E-state index contributed by atoms with van der Waals surface area (Å²) in [7, 11) is 1.23. The molecule has 0 saturated heterocycles. The van der Waals surface area contributed by atoms with Gasteiger partial charge < -0.3 is 9.47 Å². The van der Waals surface area contributed by atoms with E-state index in [1.54, 1.807) is 61.5 Å². The van der Waals surface area contributed by atoms with E-state index in [1.807, 2.05) is 0 Å². The Labute approximate surface area is 172 Å². The molecule has 2 unspecified atom stereocenters. The maximum Gasteiger partial charge on any atom is 0.333 e. The van der Waals surface area contributed by atoms with Crippen LogP contribution >= 0.6 is 15.9 Å². The zero-order chi connectivity index (χ0) is 20.7. The predicted octanol–water partition coefficient (Wildman–Crippen LogP) is 4.32. The van der Waals surface area contributed by atoms with Crippen molar-refractivity contribution in [1.82, 2.24) is 0 Å². The molecule has 0 aliphatic rings. The molecule has 0 bridgehead atoms. The predicted molar refractivity (Wildman–Crippen MR) is 109 cm³/mol. The summed E-state index contributed by atoms with van der Waals surface area (Å²) >= 11 is 3.44. The van der Waals surface area contributed by atoms with Crippen molar-refractivity contribution in [2.45, 2.75) is 12.8 Å². The van der Waals surface area contributed by atoms with Crippen molar-refractivity contribution in [3.63, 3.8) is 0 Å². The van der Waals surface area contributed by atoms with Crippen LogP contribution in [-0.4, -0.2) is 31.4 Å². The fourth-order valence-corrected chi connectivity index (χ4v) is 3.49. The van der Waals surface area contributed by atoms with E-state index in [1.165, 1.54) is 7.11 Å². The lowest BCUT2D eigenvalue weighted by Crippen LogP contribution is -2.34. The molecule has 0 spiro atoms. The van der Waals surface area contributed by atoms with Crippen LogP contribution in [0.4, 0.5) is 0 Å². The van der Waals surface area contributed by atoms with E-state index in [9.17, 15) is 14.4 Å². The van der Waals surface area contributed by atoms with Crippen molar-refractivity contribution in [3.05, 3.63) is 82.3 Å². The molecule has 2 aromatic rings. The number of ketones is 1. The number of hydrogen-bond donors (Lipinski definition) is 0. The summed E-state index contributed by atoms with van der Waals surface area (Å²) in [6, 6.07) is 15.5. The molecule has 0 aromatic heterocycles. The molecular weight excluding hydrogens is 424 g/mol. The van der Waals surface area contributed by atoms with E-state index in [0.717, 1.165) is 0 Å². The second-order valence-electron chi connectivity index (χ2n) is 5.98. The second kappa shape index (κ2) is 9.99. The summed E-state index contributed by atoms with van der Waals surface area (Å²) in [6.07, 6.45) is 0. The fraction of sp³-hybridized carbons (Fsp3) is 0.227. The molecule has 5 nitrogen and oxygen atoms in total. The lowest BCUT2D eigenvalue weighted by Gasteiger charge is -2.26. The number of methoxy groups -OCH3 is 1. The van der Waals surface area contributed by atoms with Crippen LogP contribution in [0.3, 0.4) is 0 Å². The number of rotatable bonds is 8. The Bertz CT molecular complexity index is 876. The van der Waals surface area contributed by atoms with E-state index >= 15 is 0 Å². The average Bonchev–Trinajstić information content (AvgIpc) is 2.72. The van der Waals surface area contributed by atoms with Gasteiger partial charge in [0, 0.05) is 21.5 Å². The van der Waals surface area contributed by atoms with Crippen LogP contribution < -0.4 is 0 Å². The first-order chi connectivity index (χ1) is 13.4. The van der Waals surface area contributed by atoms with Crippen LogP contribution in [-0.2, 0) is 19.1 Å². The third-order valence-electron chi connectivity index (χ3n) is 4.28. The van der Waals surface area contributed by atoms with Gasteiger partial charge in [0.2, 0.25) is 0 Å². The molecule has 2 rings (SSSR count). The van der Waals surface area contributed by atoms with E-state index in [0.29, 0.717) is 15.6 Å². The van der Waals surface area contributed by atoms with Gasteiger partial charge in [-0.1, -0.05) is 71.0 Å². The van der Waals surface area contributed by atoms with Crippen molar-refractivity contribution in [1.29, 1.82) is 0 Å². The topological polar surface area (TPSA) is 69.7 Å². The van der Waals surface area contributed by atoms with Crippen LogP contribution in [0, 0.1) is 5.92 Å². The Morgan fingerprint density at radius 2 is 1.64 bits per heavy atom. The normalized spacial score (nSPS) is 12.5. The van der Waals surface area contributed by atoms with Crippen LogP contribution in [0.1, 0.15) is 28.8 Å². The first-order valence-corrected chi connectivity index (χ1v) is 9.49. The molecule has 0 aliphatic carbocycles. The zero-order valence-corrected chi connectivity index (χ0v) is 17.3. The van der Waals surface area contributed by atoms with Crippen LogP contribution in [0.25, 0.3) is 0 Å². The van der Waals surface area contributed by atoms with Crippen LogP contribution in [0.2, 0.25) is 0 Å². The van der Waals surface area contributed by atoms with Crippen molar-refractivity contribution >= 4 is 33.7 Å². The van der Waals surface area contributed by atoms with E-state index in [4.69, 9.17) is 9.47 Å². The highest BCUT2D eigenvalue weighted by molar-refractivity contribution is 9.10. The molecule has 28 heavy (non-hydrogen) atoms. The van der Waals surface area contributed by atoms with Crippen molar-refractivity contribution < 1.29 is 23.9 Å². The number of Topliss-reactive ketones (excluding diaryl/α,β-unsaturated/α-hetero) is 1. The summed E-state index contributed by atoms with van der Waals surface area (Å²) < 4.78 is 10.6. The fourth-order valence-electron chi connectivity index (χ4n) is 2.96. The highest BCUT2D eigenvalue weighted by Gasteiger charge is 2.41. The minimum absolute atomic E-state index is 0.00302. The molecule has 0 amide bonds. The summed E-state index contributed by atoms with van der Waals surface area (Å²) in [5.41, 5.74) is 0.909. The summed E-state index contributed by atoms with van der Waals surface area (Å²) in [5, 5.41) is 0. The third-order valence-corrected chi connectivity index (χ3v) is 5.00. The first-order valence-electron chi connectivity index (χ1n) is 8.69. The number of hydrogen-bond acceptors (Lipinski definition) is 5. The molecule has 0 aliphatic heterocycles. The first kappa shape index (κ1) is 21.6. The molecule has 0 heterocycles. The molecule has 146 valence electrons. The Morgan fingerprint density at radius 1 is 1.04 bits per heavy atom. The van der Waals surface area contributed by atoms with Crippen molar-refractivity contribution in [2.24, 2.45) is 5.92 Å². The van der Waals surface area contributed by atoms with Gasteiger partial charge in [-0.15, -0.1) is 0 Å². The van der Waals surface area contributed by atoms with Crippen molar-refractivity contribution in [3.8, 4) is 0 Å². The molecule has 0 N–H and O–H groups in total. The lowest BCUT2D eigenvalue weighted by molar-refractivity contribution is -0.146. The highest BCUT2D eigenvalue weighted by Crippen LogP contribution is 2.38. The Balaban J connectivity index is 2.65. The largest absolute Gasteiger partial charge is 0.466 e. The molecular formula is C22H21BrO5. The SMILES string of the molecule is C=C(C(=O)OC)C(c1ccccc1Br)C(C(=O)OCC)C(=O)c1ccccc1. The Kier molecular flexibility index (Phi) is 7.70. The van der Waals surface area contributed by atoms with Gasteiger partial charge in [-0.3, -0.25) is 9.59 Å². The monoisotopic (exact) mass is 444 g/mol. The summed E-state index contributed by atoms with van der Waals surface area (Å²) in [4.78, 5) is 38.4. The van der Waals surface area contributed by atoms with Gasteiger partial charge in [0.05, 0.1) is 13.7 Å². The third kappa shape index (κ3) is 4.75. The Hall–Kier alpha value is -2.73. The quantitative estimate of drug-likeness (QED) is 0.262. The van der Waals surface area contributed by atoms with Crippen LogP contribution in [0.15, 0.2) is 71.2 Å². The van der Waals surface area contributed by atoms with Gasteiger partial charge in [-0.05, 0) is 18.6 Å². The van der Waals surface area contributed by atoms with E-state index in [2.05, 4.69) is 22.5 Å². The lowest BCUT2D eigenvalue weighted by atomic mass is 9.77. The molecule has 0 saturated carbocycles. The number of esters is 2. The number of carbonyl (C=O) groups excluding carboxylic acids is 3. The number of benzene rings is 2. The Morgan fingerprint density at radius 3 is 2.21 bits per heavy atom. The summed E-state index contributed by atoms with van der Waals surface area (Å²) in [6.45, 7) is 5.59. The van der Waals surface area contributed by atoms with Crippen LogP contribution in [0.5, 0.6) is 0 Å². The van der Waals surface area contributed by atoms with Gasteiger partial charge in [0.1, 0.15) is 5.92 Å². The smallest absolute Gasteiger partial charge is 0.333 e. The van der Waals surface area contributed by atoms with E-state index < -0.39 is 29.6 Å².